The predicted octanol–water partition coefficient (Wildman–Crippen LogP) is 0.949. The van der Waals surface area contributed by atoms with Crippen LogP contribution in [-0.4, -0.2) is 49.4 Å². The molecule has 0 aliphatic carbocycles. The third kappa shape index (κ3) is 4.73. The Bertz CT molecular complexity index is 596. The second kappa shape index (κ2) is 6.46. The van der Waals surface area contributed by atoms with Crippen molar-refractivity contribution >= 4 is 15.9 Å². The molecule has 1 unspecified atom stereocenters. The number of hydrogen-bond acceptors (Lipinski definition) is 5. The molecule has 2 heterocycles. The van der Waals surface area contributed by atoms with Gasteiger partial charge in [-0.3, -0.25) is 0 Å². The van der Waals surface area contributed by atoms with Crippen LogP contribution in [-0.2, 0) is 16.4 Å². The van der Waals surface area contributed by atoms with Crippen LogP contribution in [0.4, 0.5) is 4.79 Å². The summed E-state index contributed by atoms with van der Waals surface area (Å²) in [6, 6.07) is -0.185. The molecule has 21 heavy (non-hydrogen) atoms. The fourth-order valence-corrected chi connectivity index (χ4v) is 3.71. The smallest absolute Gasteiger partial charge is 0.317 e. The lowest BCUT2D eigenvalue weighted by Gasteiger charge is -2.32. The first-order valence-electron chi connectivity index (χ1n) is 6.94. The summed E-state index contributed by atoms with van der Waals surface area (Å²) in [5.74, 6) is 0.844. The molecule has 1 fully saturated rings. The molecule has 1 N–H and O–H groups in total. The molecule has 0 spiro atoms. The molecule has 2 rings (SSSR count). The lowest BCUT2D eigenvalue weighted by atomic mass is 10.0. The number of sulfone groups is 1. The van der Waals surface area contributed by atoms with Crippen LogP contribution in [0.2, 0.25) is 0 Å². The maximum atomic E-state index is 12.1. The van der Waals surface area contributed by atoms with E-state index in [4.69, 9.17) is 4.42 Å². The minimum absolute atomic E-state index is 0.0216. The van der Waals surface area contributed by atoms with E-state index in [1.165, 1.54) is 12.6 Å². The van der Waals surface area contributed by atoms with Crippen molar-refractivity contribution in [3.63, 3.8) is 0 Å². The summed E-state index contributed by atoms with van der Waals surface area (Å²) in [5, 5.41) is 2.79. The molecule has 1 aromatic heterocycles. The lowest BCUT2D eigenvalue weighted by Crippen LogP contribution is -2.46. The molecule has 1 saturated heterocycles. The van der Waals surface area contributed by atoms with Crippen LogP contribution in [0.1, 0.15) is 24.3 Å². The van der Waals surface area contributed by atoms with Gasteiger partial charge in [0.25, 0.3) is 0 Å². The zero-order valence-corrected chi connectivity index (χ0v) is 13.1. The van der Waals surface area contributed by atoms with Crippen LogP contribution in [0.3, 0.4) is 0 Å². The number of rotatable bonds is 4. The Morgan fingerprint density at radius 3 is 2.95 bits per heavy atom. The van der Waals surface area contributed by atoms with E-state index in [0.717, 1.165) is 12.8 Å². The largest absolute Gasteiger partial charge is 0.448 e. The SMILES string of the molecule is Cc1ocnc1CNC(=O)N1CCCC(CS(C)(=O)=O)C1. The average molecular weight is 315 g/mol. The van der Waals surface area contributed by atoms with Crippen LogP contribution in [0.15, 0.2) is 10.8 Å². The second-order valence-corrected chi connectivity index (χ2v) is 7.75. The van der Waals surface area contributed by atoms with E-state index >= 15 is 0 Å². The molecule has 1 aromatic rings. The number of likely N-dealkylation sites (tertiary alicyclic amines) is 1. The van der Waals surface area contributed by atoms with Gasteiger partial charge in [0.1, 0.15) is 21.3 Å². The highest BCUT2D eigenvalue weighted by Crippen LogP contribution is 2.18. The number of urea groups is 1. The van der Waals surface area contributed by atoms with Crippen LogP contribution in [0.25, 0.3) is 0 Å². The Morgan fingerprint density at radius 1 is 1.57 bits per heavy atom. The molecular weight excluding hydrogens is 294 g/mol. The van der Waals surface area contributed by atoms with E-state index in [1.54, 1.807) is 11.8 Å². The summed E-state index contributed by atoms with van der Waals surface area (Å²) < 4.78 is 27.8. The zero-order valence-electron chi connectivity index (χ0n) is 12.3. The monoisotopic (exact) mass is 315 g/mol. The van der Waals surface area contributed by atoms with E-state index < -0.39 is 9.84 Å². The first-order valence-corrected chi connectivity index (χ1v) is 9.00. The van der Waals surface area contributed by atoms with Crippen LogP contribution in [0, 0.1) is 12.8 Å². The number of oxazole rings is 1. The highest BCUT2D eigenvalue weighted by Gasteiger charge is 2.26. The maximum Gasteiger partial charge on any atom is 0.317 e. The van der Waals surface area contributed by atoms with Crippen LogP contribution < -0.4 is 5.32 Å². The van der Waals surface area contributed by atoms with Crippen molar-refractivity contribution in [1.29, 1.82) is 0 Å². The topological polar surface area (TPSA) is 92.5 Å². The summed E-state index contributed by atoms with van der Waals surface area (Å²) in [6.07, 6.45) is 4.26. The molecule has 1 aliphatic heterocycles. The molecule has 1 atom stereocenters. The van der Waals surface area contributed by atoms with Gasteiger partial charge >= 0.3 is 6.03 Å². The Hall–Kier alpha value is -1.57. The van der Waals surface area contributed by atoms with Gasteiger partial charge in [0, 0.05) is 19.3 Å². The number of piperidine rings is 1. The highest BCUT2D eigenvalue weighted by molar-refractivity contribution is 7.90. The van der Waals surface area contributed by atoms with Gasteiger partial charge in [0.2, 0.25) is 0 Å². The molecule has 8 heteroatoms. The third-order valence-corrected chi connectivity index (χ3v) is 4.67. The van der Waals surface area contributed by atoms with Gasteiger partial charge in [-0.15, -0.1) is 0 Å². The fraction of sp³-hybridized carbons (Fsp3) is 0.692. The fourth-order valence-electron chi connectivity index (χ4n) is 2.58. The third-order valence-electron chi connectivity index (χ3n) is 3.60. The molecule has 2 amide bonds. The van der Waals surface area contributed by atoms with Crippen molar-refractivity contribution in [2.75, 3.05) is 25.1 Å². The van der Waals surface area contributed by atoms with Crippen LogP contribution >= 0.6 is 0 Å². The first-order chi connectivity index (χ1) is 9.85. The van der Waals surface area contributed by atoms with E-state index in [-0.39, 0.29) is 17.7 Å². The summed E-state index contributed by atoms with van der Waals surface area (Å²) in [6.45, 7) is 3.24. The highest BCUT2D eigenvalue weighted by atomic mass is 32.2. The van der Waals surface area contributed by atoms with Gasteiger partial charge < -0.3 is 14.6 Å². The molecule has 118 valence electrons. The number of aromatic nitrogens is 1. The van der Waals surface area contributed by atoms with E-state index in [9.17, 15) is 13.2 Å². The lowest BCUT2D eigenvalue weighted by molar-refractivity contribution is 0.170. The first kappa shape index (κ1) is 15.8. The molecule has 0 radical (unpaired) electrons. The molecule has 1 aliphatic rings. The predicted molar refractivity (Wildman–Crippen MR) is 77.5 cm³/mol. The summed E-state index contributed by atoms with van der Waals surface area (Å²) in [4.78, 5) is 17.8. The van der Waals surface area contributed by atoms with Gasteiger partial charge in [-0.1, -0.05) is 0 Å². The normalized spacial score (nSPS) is 19.5. The van der Waals surface area contributed by atoms with Crippen LogP contribution in [0.5, 0.6) is 0 Å². The quantitative estimate of drug-likeness (QED) is 0.893. The minimum Gasteiger partial charge on any atom is -0.448 e. The average Bonchev–Trinajstić information content (AvgIpc) is 2.80. The maximum absolute atomic E-state index is 12.1. The zero-order chi connectivity index (χ0) is 15.5. The van der Waals surface area contributed by atoms with Crippen molar-refractivity contribution in [3.8, 4) is 0 Å². The van der Waals surface area contributed by atoms with Crippen molar-refractivity contribution in [2.24, 2.45) is 5.92 Å². The number of carbonyl (C=O) groups is 1. The van der Waals surface area contributed by atoms with Crippen molar-refractivity contribution in [3.05, 3.63) is 17.8 Å². The van der Waals surface area contributed by atoms with Gasteiger partial charge in [-0.05, 0) is 25.7 Å². The second-order valence-electron chi connectivity index (χ2n) is 5.56. The standard InChI is InChI=1S/C13H21N3O4S/c1-10-12(15-9-20-10)6-14-13(17)16-5-3-4-11(7-16)8-21(2,18)19/h9,11H,3-8H2,1-2H3,(H,14,17). The molecule has 0 saturated carbocycles. The number of hydrogen-bond donors (Lipinski definition) is 1. The summed E-state index contributed by atoms with van der Waals surface area (Å²) >= 11 is 0. The number of nitrogens with zero attached hydrogens (tertiary/aromatic N) is 2. The van der Waals surface area contributed by atoms with E-state index in [0.29, 0.717) is 31.1 Å². The summed E-state index contributed by atoms with van der Waals surface area (Å²) in [5.41, 5.74) is 0.702. The molecule has 7 nitrogen and oxygen atoms in total. The van der Waals surface area contributed by atoms with Gasteiger partial charge in [-0.2, -0.15) is 0 Å². The Balaban J connectivity index is 1.86. The number of amides is 2. The van der Waals surface area contributed by atoms with Gasteiger partial charge in [0.05, 0.1) is 12.3 Å². The van der Waals surface area contributed by atoms with Crippen molar-refractivity contribution in [2.45, 2.75) is 26.3 Å². The Labute approximate surface area is 124 Å². The summed E-state index contributed by atoms with van der Waals surface area (Å²) in [7, 11) is -3.01. The Kier molecular flexibility index (Phi) is 4.87. The molecule has 0 aromatic carbocycles. The van der Waals surface area contributed by atoms with Gasteiger partial charge in [-0.25, -0.2) is 18.2 Å². The van der Waals surface area contributed by atoms with E-state index in [2.05, 4.69) is 10.3 Å². The number of carbonyl (C=O) groups excluding carboxylic acids is 1. The number of nitrogens with one attached hydrogen (secondary N) is 1. The van der Waals surface area contributed by atoms with E-state index in [1.807, 2.05) is 0 Å². The minimum atomic E-state index is -3.01. The number of aryl methyl sites for hydroxylation is 1. The van der Waals surface area contributed by atoms with Crippen molar-refractivity contribution in [1.82, 2.24) is 15.2 Å². The van der Waals surface area contributed by atoms with Gasteiger partial charge in [0.15, 0.2) is 6.39 Å². The molecule has 0 bridgehead atoms. The Morgan fingerprint density at radius 2 is 2.33 bits per heavy atom. The van der Waals surface area contributed by atoms with Crippen molar-refractivity contribution < 1.29 is 17.6 Å². The molecular formula is C13H21N3O4S.